The summed E-state index contributed by atoms with van der Waals surface area (Å²) in [7, 11) is 0. The summed E-state index contributed by atoms with van der Waals surface area (Å²) in [6.45, 7) is 0. The summed E-state index contributed by atoms with van der Waals surface area (Å²) in [4.78, 5) is 11.8. The minimum absolute atomic E-state index is 0.146. The molecule has 0 heterocycles. The maximum atomic E-state index is 11.8. The third-order valence-electron chi connectivity index (χ3n) is 4.18. The highest BCUT2D eigenvalue weighted by molar-refractivity contribution is 5.89. The average molecular weight is 359 g/mol. The number of carbonyl (C=O) groups excluding carboxylic acids is 1. The van der Waals surface area contributed by atoms with Gasteiger partial charge >= 0.3 is 6.03 Å². The predicted molar refractivity (Wildman–Crippen MR) is 108 cm³/mol. The van der Waals surface area contributed by atoms with Gasteiger partial charge in [-0.25, -0.2) is 4.79 Å². The molecule has 5 nitrogen and oxygen atoms in total. The molecule has 5 heteroatoms. The molecule has 27 heavy (non-hydrogen) atoms. The first kappa shape index (κ1) is 17.0. The number of ether oxygens (including phenoxy) is 1. The van der Waals surface area contributed by atoms with Gasteiger partial charge in [0.25, 0.3) is 0 Å². The molecule has 1 aliphatic carbocycles. The number of nitrogens with one attached hydrogen (secondary N) is 3. The monoisotopic (exact) mass is 359 g/mol. The smallest absolute Gasteiger partial charge is 0.319 e. The van der Waals surface area contributed by atoms with Crippen LogP contribution in [-0.4, -0.2) is 12.1 Å². The fraction of sp³-hybridized carbons (Fsp3) is 0.136. The highest BCUT2D eigenvalue weighted by atomic mass is 16.5. The van der Waals surface area contributed by atoms with Crippen molar-refractivity contribution in [1.29, 1.82) is 0 Å². The van der Waals surface area contributed by atoms with Gasteiger partial charge in [-0.2, -0.15) is 0 Å². The fourth-order valence-corrected chi connectivity index (χ4v) is 2.61. The van der Waals surface area contributed by atoms with Gasteiger partial charge < -0.3 is 20.7 Å². The van der Waals surface area contributed by atoms with Crippen molar-refractivity contribution in [3.63, 3.8) is 0 Å². The zero-order valence-electron chi connectivity index (χ0n) is 14.8. The molecule has 3 N–H and O–H groups in total. The summed E-state index contributed by atoms with van der Waals surface area (Å²) in [5.41, 5.74) is 2.67. The first-order valence-corrected chi connectivity index (χ1v) is 9.02. The van der Waals surface area contributed by atoms with Gasteiger partial charge in [-0.1, -0.05) is 18.2 Å². The lowest BCUT2D eigenvalue weighted by Crippen LogP contribution is -2.30. The number of rotatable bonds is 6. The second-order valence-electron chi connectivity index (χ2n) is 6.51. The lowest BCUT2D eigenvalue weighted by atomic mass is 10.2. The van der Waals surface area contributed by atoms with E-state index >= 15 is 0 Å². The Labute approximate surface area is 158 Å². The largest absolute Gasteiger partial charge is 0.457 e. The number of hydrogen-bond acceptors (Lipinski definition) is 3. The quantitative estimate of drug-likeness (QED) is 0.544. The summed E-state index contributed by atoms with van der Waals surface area (Å²) in [5, 5.41) is 9.08. The van der Waals surface area contributed by atoms with E-state index in [-0.39, 0.29) is 6.03 Å². The minimum atomic E-state index is -0.146. The lowest BCUT2D eigenvalue weighted by molar-refractivity contribution is 0.251. The Morgan fingerprint density at radius 2 is 1.30 bits per heavy atom. The van der Waals surface area contributed by atoms with Crippen molar-refractivity contribution < 1.29 is 9.53 Å². The van der Waals surface area contributed by atoms with Gasteiger partial charge in [0.05, 0.1) is 0 Å². The Bertz CT molecular complexity index is 889. The molecule has 0 bridgehead atoms. The van der Waals surface area contributed by atoms with Crippen molar-refractivity contribution >= 4 is 23.1 Å². The third kappa shape index (κ3) is 5.01. The fourth-order valence-electron chi connectivity index (χ4n) is 2.61. The molecule has 1 saturated carbocycles. The highest BCUT2D eigenvalue weighted by Gasteiger charge is 2.23. The average Bonchev–Trinajstić information content (AvgIpc) is 3.50. The van der Waals surface area contributed by atoms with Crippen LogP contribution >= 0.6 is 0 Å². The number of urea groups is 1. The summed E-state index contributed by atoms with van der Waals surface area (Å²) in [6, 6.07) is 25.3. The number of carbonyl (C=O) groups is 1. The minimum Gasteiger partial charge on any atom is -0.457 e. The Morgan fingerprint density at radius 3 is 1.93 bits per heavy atom. The Hall–Kier alpha value is -3.47. The second kappa shape index (κ2) is 7.83. The highest BCUT2D eigenvalue weighted by Crippen LogP contribution is 2.25. The molecule has 136 valence electrons. The molecule has 0 aromatic heterocycles. The topological polar surface area (TPSA) is 62.4 Å². The van der Waals surface area contributed by atoms with E-state index in [1.54, 1.807) is 0 Å². The van der Waals surface area contributed by atoms with E-state index in [0.717, 1.165) is 41.4 Å². The molecule has 0 unspecified atom stereocenters. The molecule has 3 aromatic carbocycles. The van der Waals surface area contributed by atoms with E-state index in [2.05, 4.69) is 16.0 Å². The summed E-state index contributed by atoms with van der Waals surface area (Å²) in [6.07, 6.45) is 2.15. The molecule has 3 aromatic rings. The molecule has 0 aliphatic heterocycles. The summed E-state index contributed by atoms with van der Waals surface area (Å²) < 4.78 is 5.79. The molecular weight excluding hydrogens is 338 g/mol. The number of hydrogen-bond donors (Lipinski definition) is 3. The van der Waals surface area contributed by atoms with Gasteiger partial charge in [0.1, 0.15) is 11.5 Å². The van der Waals surface area contributed by atoms with Crippen molar-refractivity contribution in [2.24, 2.45) is 0 Å². The molecule has 1 aliphatic rings. The van der Waals surface area contributed by atoms with Crippen LogP contribution in [0.2, 0.25) is 0 Å². The predicted octanol–water partition coefficient (Wildman–Crippen LogP) is 5.51. The van der Waals surface area contributed by atoms with Gasteiger partial charge in [-0.05, 0) is 73.5 Å². The van der Waals surface area contributed by atoms with E-state index in [1.807, 2.05) is 78.9 Å². The van der Waals surface area contributed by atoms with Crippen molar-refractivity contribution in [3.05, 3.63) is 78.9 Å². The summed E-state index contributed by atoms with van der Waals surface area (Å²) >= 11 is 0. The molecular formula is C22H21N3O2. The van der Waals surface area contributed by atoms with E-state index in [4.69, 9.17) is 4.74 Å². The van der Waals surface area contributed by atoms with Gasteiger partial charge in [0.15, 0.2) is 0 Å². The van der Waals surface area contributed by atoms with Gasteiger partial charge in [-0.3, -0.25) is 0 Å². The lowest BCUT2D eigenvalue weighted by Gasteiger charge is -2.10. The van der Waals surface area contributed by atoms with Crippen LogP contribution in [-0.2, 0) is 0 Å². The number of benzene rings is 3. The molecule has 1 fully saturated rings. The van der Waals surface area contributed by atoms with Gasteiger partial charge in [-0.15, -0.1) is 0 Å². The number of amides is 2. The molecule has 0 saturated heterocycles. The van der Waals surface area contributed by atoms with Crippen LogP contribution < -0.4 is 20.7 Å². The van der Waals surface area contributed by atoms with Crippen molar-refractivity contribution in [2.75, 3.05) is 10.6 Å². The van der Waals surface area contributed by atoms with Crippen molar-refractivity contribution in [3.8, 4) is 11.5 Å². The molecule has 0 radical (unpaired) electrons. The first-order chi connectivity index (χ1) is 13.2. The molecule has 2 amide bonds. The Kier molecular flexibility index (Phi) is 4.92. The number of para-hydroxylation sites is 1. The second-order valence-corrected chi connectivity index (χ2v) is 6.51. The van der Waals surface area contributed by atoms with Crippen LogP contribution in [0.15, 0.2) is 78.9 Å². The van der Waals surface area contributed by atoms with Crippen LogP contribution in [0.5, 0.6) is 11.5 Å². The van der Waals surface area contributed by atoms with Crippen LogP contribution in [0.25, 0.3) is 0 Å². The van der Waals surface area contributed by atoms with Crippen molar-refractivity contribution in [2.45, 2.75) is 18.9 Å². The normalized spacial score (nSPS) is 12.9. The van der Waals surface area contributed by atoms with E-state index in [9.17, 15) is 4.79 Å². The molecule has 4 rings (SSSR count). The zero-order valence-corrected chi connectivity index (χ0v) is 14.8. The Balaban J connectivity index is 1.32. The standard InChI is InChI=1S/C22H21N3O2/c26-22(25-19-10-11-19)24-18-8-6-16(7-9-18)23-17-12-14-21(15-13-17)27-20-4-2-1-3-5-20/h1-9,12-15,19,23H,10-11H2,(H2,24,25,26). The zero-order chi connectivity index (χ0) is 18.5. The van der Waals surface area contributed by atoms with Gasteiger partial charge in [0, 0.05) is 23.1 Å². The van der Waals surface area contributed by atoms with E-state index in [1.165, 1.54) is 0 Å². The van der Waals surface area contributed by atoms with Crippen molar-refractivity contribution in [1.82, 2.24) is 5.32 Å². The van der Waals surface area contributed by atoms with Crippen LogP contribution in [0.1, 0.15) is 12.8 Å². The maximum Gasteiger partial charge on any atom is 0.319 e. The van der Waals surface area contributed by atoms with Crippen LogP contribution in [0.4, 0.5) is 21.9 Å². The van der Waals surface area contributed by atoms with E-state index in [0.29, 0.717) is 6.04 Å². The number of anilines is 3. The van der Waals surface area contributed by atoms with Gasteiger partial charge in [0.2, 0.25) is 0 Å². The summed E-state index contributed by atoms with van der Waals surface area (Å²) in [5.74, 6) is 1.60. The van der Waals surface area contributed by atoms with Crippen LogP contribution in [0.3, 0.4) is 0 Å². The SMILES string of the molecule is O=C(Nc1ccc(Nc2ccc(Oc3ccccc3)cc2)cc1)NC1CC1. The van der Waals surface area contributed by atoms with Crippen LogP contribution in [0, 0.1) is 0 Å². The third-order valence-corrected chi connectivity index (χ3v) is 4.18. The van der Waals surface area contributed by atoms with E-state index < -0.39 is 0 Å². The Morgan fingerprint density at radius 1 is 0.741 bits per heavy atom. The maximum absolute atomic E-state index is 11.8. The molecule has 0 spiro atoms. The first-order valence-electron chi connectivity index (χ1n) is 9.02. The molecule has 0 atom stereocenters.